The molecule has 1 aromatic rings. The highest BCUT2D eigenvalue weighted by atomic mass is 127. The second-order valence-corrected chi connectivity index (χ2v) is 3.31. The highest BCUT2D eigenvalue weighted by Crippen LogP contribution is 2.07. The van der Waals surface area contributed by atoms with Gasteiger partial charge in [0.05, 0.1) is 22.1 Å². The Hall–Kier alpha value is -0.100. The summed E-state index contributed by atoms with van der Waals surface area (Å²) in [6, 6.07) is 0. The first-order chi connectivity index (χ1) is 5.34. The molecule has 0 saturated carbocycles. The molecule has 1 N–H and O–H groups in total. The molecule has 11 heavy (non-hydrogen) atoms. The number of nitrogens with one attached hydrogen (secondary N) is 1. The first kappa shape index (κ1) is 8.99. The van der Waals surface area contributed by atoms with E-state index in [0.29, 0.717) is 0 Å². The molecule has 0 amide bonds. The Kier molecular flexibility index (Phi) is 3.85. The molecular formula is C7H11IN2O. The van der Waals surface area contributed by atoms with E-state index in [0.717, 1.165) is 19.6 Å². The monoisotopic (exact) mass is 266 g/mol. The maximum absolute atomic E-state index is 5.21. The number of aromatic nitrogens is 2. The third-order valence-corrected chi connectivity index (χ3v) is 2.30. The van der Waals surface area contributed by atoms with Crippen LogP contribution >= 0.6 is 22.6 Å². The number of nitrogens with zero attached hydrogens (tertiary/aromatic N) is 1. The molecule has 62 valence electrons. The van der Waals surface area contributed by atoms with Crippen molar-refractivity contribution in [3.8, 4) is 0 Å². The average Bonchev–Trinajstić information content (AvgIpc) is 2.37. The van der Waals surface area contributed by atoms with Gasteiger partial charge in [0.25, 0.3) is 0 Å². The van der Waals surface area contributed by atoms with Gasteiger partial charge < -0.3 is 4.74 Å². The van der Waals surface area contributed by atoms with Gasteiger partial charge in [-0.05, 0) is 29.5 Å². The van der Waals surface area contributed by atoms with Gasteiger partial charge in [-0.25, -0.2) is 0 Å². The van der Waals surface area contributed by atoms with Gasteiger partial charge in [-0.2, -0.15) is 5.10 Å². The molecule has 0 radical (unpaired) electrons. The smallest absolute Gasteiger partial charge is 0.0624 e. The lowest BCUT2D eigenvalue weighted by Crippen LogP contribution is -1.99. The fourth-order valence-corrected chi connectivity index (χ4v) is 1.32. The van der Waals surface area contributed by atoms with Gasteiger partial charge >= 0.3 is 0 Å². The Labute approximate surface area is 79.7 Å². The summed E-state index contributed by atoms with van der Waals surface area (Å²) in [5, 5.41) is 6.84. The molecular weight excluding hydrogens is 255 g/mol. The van der Waals surface area contributed by atoms with Gasteiger partial charge in [-0.1, -0.05) is 0 Å². The topological polar surface area (TPSA) is 37.9 Å². The van der Waals surface area contributed by atoms with Crippen LogP contribution in [0.1, 0.15) is 12.6 Å². The second-order valence-electron chi connectivity index (χ2n) is 2.14. The molecule has 0 aliphatic carbocycles. The lowest BCUT2D eigenvalue weighted by Gasteiger charge is -1.98. The van der Waals surface area contributed by atoms with Crippen molar-refractivity contribution in [1.29, 1.82) is 0 Å². The van der Waals surface area contributed by atoms with Gasteiger partial charge in [0.2, 0.25) is 0 Å². The van der Waals surface area contributed by atoms with Gasteiger partial charge in [0, 0.05) is 13.0 Å². The Balaban J connectivity index is 2.32. The van der Waals surface area contributed by atoms with E-state index in [9.17, 15) is 0 Å². The summed E-state index contributed by atoms with van der Waals surface area (Å²) in [5.41, 5.74) is 1.17. The highest BCUT2D eigenvalue weighted by molar-refractivity contribution is 14.1. The molecule has 0 fully saturated rings. The van der Waals surface area contributed by atoms with E-state index in [2.05, 4.69) is 32.8 Å². The molecule has 4 heteroatoms. The van der Waals surface area contributed by atoms with Gasteiger partial charge in [0.1, 0.15) is 0 Å². The van der Waals surface area contributed by atoms with Crippen LogP contribution in [0.15, 0.2) is 6.20 Å². The highest BCUT2D eigenvalue weighted by Gasteiger charge is 1.99. The second kappa shape index (κ2) is 4.71. The van der Waals surface area contributed by atoms with E-state index < -0.39 is 0 Å². The number of rotatable bonds is 4. The predicted molar refractivity (Wildman–Crippen MR) is 51.5 cm³/mol. The van der Waals surface area contributed by atoms with Crippen LogP contribution < -0.4 is 0 Å². The summed E-state index contributed by atoms with van der Waals surface area (Å²) in [4.78, 5) is 0. The summed E-state index contributed by atoms with van der Waals surface area (Å²) in [6.07, 6.45) is 2.74. The van der Waals surface area contributed by atoms with Crippen LogP contribution in [0.25, 0.3) is 0 Å². The maximum Gasteiger partial charge on any atom is 0.0624 e. The number of halogens is 1. The lowest BCUT2D eigenvalue weighted by atomic mass is 10.3. The first-order valence-electron chi connectivity index (χ1n) is 3.60. The maximum atomic E-state index is 5.21. The van der Waals surface area contributed by atoms with E-state index >= 15 is 0 Å². The van der Waals surface area contributed by atoms with Crippen LogP contribution in [0.5, 0.6) is 0 Å². The standard InChI is InChI=1S/C7H11IN2O/c1-2-11-4-3-7-6(8)5-9-10-7/h5H,2-4H2,1H3,(H,9,10). The fraction of sp³-hybridized carbons (Fsp3) is 0.571. The zero-order chi connectivity index (χ0) is 8.10. The van der Waals surface area contributed by atoms with E-state index in [1.165, 1.54) is 9.26 Å². The number of H-pyrrole nitrogens is 1. The first-order valence-corrected chi connectivity index (χ1v) is 4.68. The number of ether oxygens (including phenoxy) is 1. The molecule has 1 heterocycles. The van der Waals surface area contributed by atoms with Crippen molar-refractivity contribution in [1.82, 2.24) is 10.2 Å². The molecule has 3 nitrogen and oxygen atoms in total. The van der Waals surface area contributed by atoms with Gasteiger partial charge in [0.15, 0.2) is 0 Å². The van der Waals surface area contributed by atoms with E-state index in [1.807, 2.05) is 13.1 Å². The lowest BCUT2D eigenvalue weighted by molar-refractivity contribution is 0.150. The predicted octanol–water partition coefficient (Wildman–Crippen LogP) is 1.59. The van der Waals surface area contributed by atoms with Gasteiger partial charge in [-0.15, -0.1) is 0 Å². The number of hydrogen-bond donors (Lipinski definition) is 1. The van der Waals surface area contributed by atoms with Crippen LogP contribution in [0, 0.1) is 3.57 Å². The number of hydrogen-bond acceptors (Lipinski definition) is 2. The average molecular weight is 266 g/mol. The van der Waals surface area contributed by atoms with Crippen molar-refractivity contribution in [2.75, 3.05) is 13.2 Å². The molecule has 0 aliphatic rings. The van der Waals surface area contributed by atoms with Crippen molar-refractivity contribution in [3.63, 3.8) is 0 Å². The van der Waals surface area contributed by atoms with E-state index in [4.69, 9.17) is 4.74 Å². The zero-order valence-electron chi connectivity index (χ0n) is 6.43. The fourth-order valence-electron chi connectivity index (χ4n) is 0.792. The quantitative estimate of drug-likeness (QED) is 0.664. The Morgan fingerprint density at radius 3 is 3.09 bits per heavy atom. The minimum Gasteiger partial charge on any atom is -0.381 e. The molecule has 0 aliphatic heterocycles. The molecule has 0 atom stereocenters. The summed E-state index contributed by atoms with van der Waals surface area (Å²) in [7, 11) is 0. The van der Waals surface area contributed by atoms with Crippen molar-refractivity contribution in [2.24, 2.45) is 0 Å². The SMILES string of the molecule is CCOCCc1[nH]ncc1I. The summed E-state index contributed by atoms with van der Waals surface area (Å²) in [5.74, 6) is 0. The molecule has 0 unspecified atom stereocenters. The Morgan fingerprint density at radius 1 is 1.73 bits per heavy atom. The zero-order valence-corrected chi connectivity index (χ0v) is 8.59. The molecule has 0 spiro atoms. The van der Waals surface area contributed by atoms with Crippen LogP contribution in [0.2, 0.25) is 0 Å². The van der Waals surface area contributed by atoms with Crippen molar-refractivity contribution in [2.45, 2.75) is 13.3 Å². The van der Waals surface area contributed by atoms with Gasteiger partial charge in [-0.3, -0.25) is 5.10 Å². The Bertz CT molecular complexity index is 212. The molecule has 0 bridgehead atoms. The van der Waals surface area contributed by atoms with Crippen LogP contribution in [-0.4, -0.2) is 23.4 Å². The third kappa shape index (κ3) is 2.78. The van der Waals surface area contributed by atoms with Crippen LogP contribution in [0.3, 0.4) is 0 Å². The Morgan fingerprint density at radius 2 is 2.55 bits per heavy atom. The minimum atomic E-state index is 0.773. The molecule has 1 rings (SSSR count). The van der Waals surface area contributed by atoms with E-state index in [1.54, 1.807) is 0 Å². The van der Waals surface area contributed by atoms with E-state index in [-0.39, 0.29) is 0 Å². The van der Waals surface area contributed by atoms with Crippen molar-refractivity contribution in [3.05, 3.63) is 15.5 Å². The summed E-state index contributed by atoms with van der Waals surface area (Å²) in [6.45, 7) is 3.55. The minimum absolute atomic E-state index is 0.773. The third-order valence-electron chi connectivity index (χ3n) is 1.37. The summed E-state index contributed by atoms with van der Waals surface area (Å²) < 4.78 is 6.39. The van der Waals surface area contributed by atoms with Crippen LogP contribution in [0.4, 0.5) is 0 Å². The van der Waals surface area contributed by atoms with Crippen molar-refractivity contribution >= 4 is 22.6 Å². The summed E-state index contributed by atoms with van der Waals surface area (Å²) >= 11 is 2.26. The van der Waals surface area contributed by atoms with Crippen LogP contribution in [-0.2, 0) is 11.2 Å². The molecule has 0 saturated heterocycles. The van der Waals surface area contributed by atoms with Crippen molar-refractivity contribution < 1.29 is 4.74 Å². The largest absolute Gasteiger partial charge is 0.381 e. The molecule has 0 aromatic carbocycles. The molecule has 1 aromatic heterocycles. The number of aromatic amines is 1. The normalized spacial score (nSPS) is 10.4.